The first-order valence-electron chi connectivity index (χ1n) is 14.6. The summed E-state index contributed by atoms with van der Waals surface area (Å²) in [6.45, 7) is 2.00. The minimum atomic E-state index is -2.95. The first kappa shape index (κ1) is 31.2. The number of pyridine rings is 1. The minimum absolute atomic E-state index is 0.0358. The van der Waals surface area contributed by atoms with Crippen LogP contribution < -0.4 is 10.9 Å². The summed E-state index contributed by atoms with van der Waals surface area (Å²) in [5, 5.41) is 25.6. The molecule has 5 aromatic rings. The number of carbonyl (C=O) groups excluding carboxylic acids is 1. The summed E-state index contributed by atoms with van der Waals surface area (Å²) in [6.07, 6.45) is 7.17. The van der Waals surface area contributed by atoms with Crippen LogP contribution in [0, 0.1) is 5.92 Å². The molecule has 12 nitrogen and oxygen atoms in total. The highest BCUT2D eigenvalue weighted by molar-refractivity contribution is 6.31. The third-order valence-corrected chi connectivity index (χ3v) is 8.20. The quantitative estimate of drug-likeness (QED) is 0.258. The van der Waals surface area contributed by atoms with Crippen molar-refractivity contribution in [3.63, 3.8) is 0 Å². The van der Waals surface area contributed by atoms with Crippen molar-refractivity contribution < 1.29 is 18.7 Å². The van der Waals surface area contributed by atoms with E-state index in [9.17, 15) is 23.5 Å². The van der Waals surface area contributed by atoms with Gasteiger partial charge in [-0.25, -0.2) is 14.3 Å². The topological polar surface area (TPSA) is 146 Å². The molecular formula is C31H30ClF2N9O3. The molecule has 1 aromatic carbocycles. The van der Waals surface area contributed by atoms with Crippen LogP contribution in [0.3, 0.4) is 0 Å². The van der Waals surface area contributed by atoms with Gasteiger partial charge in [0.1, 0.15) is 11.3 Å². The number of anilines is 1. The SMILES string of the molecule is CC1CCCC(n2cnc(-c3cc(Cl)ccc3-n3cc(C(C)(C)O)nn3)cc2=O)c2cc(ccn2)-c2c(cnn2C(F)F)NC1=O. The Bertz CT molecular complexity index is 1980. The lowest BCUT2D eigenvalue weighted by molar-refractivity contribution is -0.119. The molecule has 0 saturated carbocycles. The van der Waals surface area contributed by atoms with Crippen molar-refractivity contribution in [1.29, 1.82) is 0 Å². The van der Waals surface area contributed by atoms with E-state index in [2.05, 4.69) is 30.7 Å². The van der Waals surface area contributed by atoms with E-state index in [1.54, 1.807) is 57.3 Å². The summed E-state index contributed by atoms with van der Waals surface area (Å²) in [6, 6.07) is 8.99. The maximum absolute atomic E-state index is 14.0. The van der Waals surface area contributed by atoms with Crippen LogP contribution in [0.25, 0.3) is 28.2 Å². The Morgan fingerprint density at radius 2 is 1.91 bits per heavy atom. The largest absolute Gasteiger partial charge is 0.384 e. The fourth-order valence-corrected chi connectivity index (χ4v) is 5.64. The first-order chi connectivity index (χ1) is 21.9. The first-order valence-corrected chi connectivity index (χ1v) is 14.9. The van der Waals surface area contributed by atoms with Gasteiger partial charge in [-0.1, -0.05) is 30.2 Å². The van der Waals surface area contributed by atoms with Crippen molar-refractivity contribution >= 4 is 23.2 Å². The van der Waals surface area contributed by atoms with Crippen molar-refractivity contribution in [2.24, 2.45) is 5.92 Å². The molecule has 0 spiro atoms. The number of benzene rings is 1. The molecule has 0 aliphatic carbocycles. The monoisotopic (exact) mass is 649 g/mol. The summed E-state index contributed by atoms with van der Waals surface area (Å²) in [5.41, 5.74) is 1.14. The van der Waals surface area contributed by atoms with Gasteiger partial charge in [-0.05, 0) is 57.0 Å². The highest BCUT2D eigenvalue weighted by Gasteiger charge is 2.27. The smallest absolute Gasteiger partial charge is 0.333 e. The van der Waals surface area contributed by atoms with Gasteiger partial charge < -0.3 is 10.4 Å². The molecule has 2 bridgehead atoms. The van der Waals surface area contributed by atoms with Crippen molar-refractivity contribution in [3.8, 4) is 28.2 Å². The number of nitrogens with zero attached hydrogens (tertiary/aromatic N) is 8. The van der Waals surface area contributed by atoms with E-state index in [-0.39, 0.29) is 22.8 Å². The number of alkyl halides is 2. The molecule has 1 aliphatic heterocycles. The molecule has 4 aromatic heterocycles. The molecule has 1 amide bonds. The molecule has 2 N–H and O–H groups in total. The van der Waals surface area contributed by atoms with Crippen molar-refractivity contribution in [3.05, 3.63) is 88.1 Å². The maximum atomic E-state index is 14.0. The van der Waals surface area contributed by atoms with Crippen LogP contribution >= 0.6 is 11.6 Å². The standard InChI is InChI=1S/C31H30ClF2N9O3/c1-17-5-4-6-25(22-11-18(9-10-35-22)28-23(38-29(17)45)14-37-43(28)30(33)34)41-16-36-21(13-27(41)44)20-12-19(32)7-8-24(20)42-15-26(39-40-42)31(2,3)46/h7-17,25,30,46H,4-6H2,1-3H3,(H,38,45). The summed E-state index contributed by atoms with van der Waals surface area (Å²) >= 11 is 6.34. The predicted octanol–water partition coefficient (Wildman–Crippen LogP) is 5.37. The maximum Gasteiger partial charge on any atom is 0.333 e. The molecule has 6 rings (SSSR count). The molecular weight excluding hydrogens is 620 g/mol. The average molecular weight is 650 g/mol. The number of halogens is 3. The van der Waals surface area contributed by atoms with E-state index in [0.29, 0.717) is 62.9 Å². The second kappa shape index (κ2) is 12.2. The summed E-state index contributed by atoms with van der Waals surface area (Å²) in [5.74, 6) is -0.745. The molecule has 5 heterocycles. The third kappa shape index (κ3) is 6.05. The predicted molar refractivity (Wildman–Crippen MR) is 166 cm³/mol. The molecule has 2 unspecified atom stereocenters. The number of rotatable bonds is 5. The van der Waals surface area contributed by atoms with Crippen molar-refractivity contribution in [1.82, 2.24) is 39.3 Å². The second-order valence-corrected chi connectivity index (χ2v) is 12.2. The van der Waals surface area contributed by atoms with Crippen LogP contribution in [0.2, 0.25) is 5.02 Å². The van der Waals surface area contributed by atoms with Crippen LogP contribution in [0.5, 0.6) is 0 Å². The number of nitrogens with one attached hydrogen (secondary N) is 1. The molecule has 46 heavy (non-hydrogen) atoms. The highest BCUT2D eigenvalue weighted by atomic mass is 35.5. The van der Waals surface area contributed by atoms with E-state index in [1.165, 1.54) is 34.0 Å². The van der Waals surface area contributed by atoms with Gasteiger partial charge in [0.05, 0.1) is 53.2 Å². The molecule has 1 aliphatic rings. The fraction of sp³-hybridized carbons (Fsp3) is 0.323. The van der Waals surface area contributed by atoms with Crippen LogP contribution in [0.1, 0.15) is 64.0 Å². The zero-order chi connectivity index (χ0) is 32.7. The third-order valence-electron chi connectivity index (χ3n) is 7.97. The van der Waals surface area contributed by atoms with Gasteiger partial charge in [0.15, 0.2) is 0 Å². The molecule has 0 fully saturated rings. The number of carbonyl (C=O) groups is 1. The molecule has 15 heteroatoms. The lowest BCUT2D eigenvalue weighted by atomic mass is 9.97. The van der Waals surface area contributed by atoms with Gasteiger partial charge in [-0.2, -0.15) is 13.9 Å². The summed E-state index contributed by atoms with van der Waals surface area (Å²) in [7, 11) is 0. The van der Waals surface area contributed by atoms with Crippen molar-refractivity contribution in [2.45, 2.75) is 58.2 Å². The Labute approximate surface area is 266 Å². The van der Waals surface area contributed by atoms with Gasteiger partial charge in [0.2, 0.25) is 5.91 Å². The number of fused-ring (bicyclic) bond motifs is 4. The number of hydrogen-bond donors (Lipinski definition) is 2. The lowest BCUT2D eigenvalue weighted by Gasteiger charge is -2.22. The van der Waals surface area contributed by atoms with Crippen molar-refractivity contribution in [2.75, 3.05) is 5.32 Å². The van der Waals surface area contributed by atoms with Crippen LogP contribution in [-0.4, -0.2) is 50.3 Å². The normalized spacial score (nSPS) is 17.3. The Morgan fingerprint density at radius 1 is 1.11 bits per heavy atom. The second-order valence-electron chi connectivity index (χ2n) is 11.7. The van der Waals surface area contributed by atoms with E-state index in [0.717, 1.165) is 0 Å². The average Bonchev–Trinajstić information content (AvgIpc) is 3.67. The van der Waals surface area contributed by atoms with E-state index < -0.39 is 24.1 Å². The Balaban J connectivity index is 1.43. The Morgan fingerprint density at radius 3 is 2.63 bits per heavy atom. The van der Waals surface area contributed by atoms with Crippen LogP contribution in [-0.2, 0) is 10.4 Å². The molecule has 0 radical (unpaired) electrons. The van der Waals surface area contributed by atoms with Gasteiger partial charge >= 0.3 is 6.55 Å². The zero-order valence-electron chi connectivity index (χ0n) is 25.1. The minimum Gasteiger partial charge on any atom is -0.384 e. The van der Waals surface area contributed by atoms with E-state index >= 15 is 0 Å². The van der Waals surface area contributed by atoms with Gasteiger partial charge in [-0.3, -0.25) is 19.1 Å². The van der Waals surface area contributed by atoms with E-state index in [4.69, 9.17) is 11.6 Å². The summed E-state index contributed by atoms with van der Waals surface area (Å²) < 4.78 is 31.4. The lowest BCUT2D eigenvalue weighted by Crippen LogP contribution is -2.27. The molecule has 2 atom stereocenters. The van der Waals surface area contributed by atoms with Gasteiger partial charge in [0.25, 0.3) is 5.56 Å². The van der Waals surface area contributed by atoms with Gasteiger partial charge in [-0.15, -0.1) is 5.10 Å². The summed E-state index contributed by atoms with van der Waals surface area (Å²) in [4.78, 5) is 35.9. The number of aromatic nitrogens is 8. The Kier molecular flexibility index (Phi) is 8.25. The van der Waals surface area contributed by atoms with E-state index in [1.807, 2.05) is 0 Å². The highest BCUT2D eigenvalue weighted by Crippen LogP contribution is 2.35. The number of hydrogen-bond acceptors (Lipinski definition) is 8. The van der Waals surface area contributed by atoms with Gasteiger partial charge in [0, 0.05) is 34.3 Å². The number of amides is 1. The molecule has 0 saturated heterocycles. The Hall–Kier alpha value is -4.82. The zero-order valence-corrected chi connectivity index (χ0v) is 25.9. The van der Waals surface area contributed by atoms with Crippen LogP contribution in [0.4, 0.5) is 14.5 Å². The molecule has 238 valence electrons. The van der Waals surface area contributed by atoms with Crippen LogP contribution in [0.15, 0.2) is 66.1 Å². The number of aliphatic hydroxyl groups is 1. The fourth-order valence-electron chi connectivity index (χ4n) is 5.47.